The van der Waals surface area contributed by atoms with Crippen molar-refractivity contribution in [2.75, 3.05) is 44.2 Å². The van der Waals surface area contributed by atoms with E-state index in [-0.39, 0.29) is 23.6 Å². The first-order valence-electron chi connectivity index (χ1n) is 13.9. The molecule has 5 rings (SSSR count). The van der Waals surface area contributed by atoms with Crippen molar-refractivity contribution >= 4 is 17.5 Å². The lowest BCUT2D eigenvalue weighted by atomic mass is 10.0. The van der Waals surface area contributed by atoms with Gasteiger partial charge in [0.2, 0.25) is 0 Å². The third kappa shape index (κ3) is 7.06. The number of pyridine rings is 1. The lowest BCUT2D eigenvalue weighted by molar-refractivity contribution is -0.137. The molecule has 11 heteroatoms. The highest BCUT2D eigenvalue weighted by Gasteiger charge is 2.30. The molecule has 2 aromatic carbocycles. The van der Waals surface area contributed by atoms with Crippen molar-refractivity contribution in [3.63, 3.8) is 0 Å². The molecule has 2 aliphatic rings. The van der Waals surface area contributed by atoms with Gasteiger partial charge in [0.1, 0.15) is 5.69 Å². The van der Waals surface area contributed by atoms with Crippen LogP contribution in [0.15, 0.2) is 66.9 Å². The molecule has 218 valence electrons. The molecule has 3 heterocycles. The van der Waals surface area contributed by atoms with Gasteiger partial charge in [0.15, 0.2) is 0 Å². The van der Waals surface area contributed by atoms with Crippen molar-refractivity contribution in [2.45, 2.75) is 31.6 Å². The Morgan fingerprint density at radius 3 is 2.14 bits per heavy atom. The molecule has 0 atom stereocenters. The molecule has 42 heavy (non-hydrogen) atoms. The molecule has 2 fully saturated rings. The number of amides is 2. The van der Waals surface area contributed by atoms with Gasteiger partial charge in [-0.25, -0.2) is 0 Å². The summed E-state index contributed by atoms with van der Waals surface area (Å²) in [5.74, 6) is -0.471. The third-order valence-corrected chi connectivity index (χ3v) is 7.78. The Bertz CT molecular complexity index is 1420. The Hall–Kier alpha value is -4.43. The number of carbonyl (C=O) groups excluding carboxylic acids is 2. The fourth-order valence-electron chi connectivity index (χ4n) is 5.29. The third-order valence-electron chi connectivity index (χ3n) is 7.78. The van der Waals surface area contributed by atoms with Crippen LogP contribution in [0.25, 0.3) is 0 Å². The number of rotatable bonds is 6. The summed E-state index contributed by atoms with van der Waals surface area (Å²) >= 11 is 0. The van der Waals surface area contributed by atoms with E-state index in [9.17, 15) is 22.8 Å². The van der Waals surface area contributed by atoms with E-state index in [0.717, 1.165) is 50.2 Å². The van der Waals surface area contributed by atoms with Gasteiger partial charge < -0.3 is 15.1 Å². The number of nitrogens with one attached hydrogen (secondary N) is 1. The second-order valence-corrected chi connectivity index (χ2v) is 10.6. The molecule has 0 aliphatic carbocycles. The molecular weight excluding hydrogens is 545 g/mol. The first-order chi connectivity index (χ1) is 20.2. The maximum atomic E-state index is 13.0. The first-order valence-corrected chi connectivity index (χ1v) is 13.9. The maximum absolute atomic E-state index is 13.0. The van der Waals surface area contributed by atoms with Crippen LogP contribution in [-0.2, 0) is 12.7 Å². The largest absolute Gasteiger partial charge is 0.416 e. The van der Waals surface area contributed by atoms with Crippen molar-refractivity contribution in [3.05, 3.63) is 94.8 Å². The molecule has 1 aromatic heterocycles. The van der Waals surface area contributed by atoms with E-state index in [1.807, 2.05) is 29.2 Å². The Morgan fingerprint density at radius 1 is 0.905 bits per heavy atom. The van der Waals surface area contributed by atoms with E-state index < -0.39 is 11.7 Å². The number of nitriles is 1. The molecule has 0 unspecified atom stereocenters. The van der Waals surface area contributed by atoms with Crippen LogP contribution in [0, 0.1) is 11.3 Å². The number of alkyl halides is 3. The molecule has 0 saturated carbocycles. The van der Waals surface area contributed by atoms with Gasteiger partial charge in [0.25, 0.3) is 11.8 Å². The van der Waals surface area contributed by atoms with Crippen LogP contribution in [0.5, 0.6) is 0 Å². The molecule has 2 amide bonds. The molecule has 2 aliphatic heterocycles. The van der Waals surface area contributed by atoms with Crippen molar-refractivity contribution in [1.82, 2.24) is 20.1 Å². The van der Waals surface area contributed by atoms with Gasteiger partial charge >= 0.3 is 6.18 Å². The second-order valence-electron chi connectivity index (χ2n) is 10.6. The number of hydrogen-bond donors (Lipinski definition) is 1. The monoisotopic (exact) mass is 576 g/mol. The predicted molar refractivity (Wildman–Crippen MR) is 151 cm³/mol. The predicted octanol–water partition coefficient (Wildman–Crippen LogP) is 4.33. The van der Waals surface area contributed by atoms with Gasteiger partial charge in [-0.3, -0.25) is 19.5 Å². The van der Waals surface area contributed by atoms with Crippen molar-refractivity contribution in [1.29, 1.82) is 5.26 Å². The molecule has 0 spiro atoms. The van der Waals surface area contributed by atoms with Gasteiger partial charge in [-0.05, 0) is 66.9 Å². The number of halogens is 3. The minimum absolute atomic E-state index is 0.0528. The molecule has 8 nitrogen and oxygen atoms in total. The SMILES string of the molecule is N#Cc1ccc(CN2CCC(NC(=O)c3ccc(C(=O)N4CCN(c5ccc(C(F)(F)F)cc5)CC4)nc3)CC2)cc1. The smallest absolute Gasteiger partial charge is 0.368 e. The standard InChI is InChI=1S/C31H31F3N6O2/c32-31(33,34)25-6-8-27(9-7-25)39-15-17-40(18-16-39)30(42)28-10-5-24(20-36-28)29(41)37-26-11-13-38(14-12-26)21-23-3-1-22(19-35)2-4-23/h1-10,20,26H,11-18,21H2,(H,37,41). The van der Waals surface area contributed by atoms with E-state index in [1.165, 1.54) is 18.3 Å². The summed E-state index contributed by atoms with van der Waals surface area (Å²) in [5, 5.41) is 12.0. The Balaban J connectivity index is 1.07. The highest BCUT2D eigenvalue weighted by molar-refractivity contribution is 5.96. The minimum atomic E-state index is -4.38. The Labute approximate surface area is 242 Å². The van der Waals surface area contributed by atoms with Gasteiger partial charge in [-0.1, -0.05) is 12.1 Å². The number of nitrogens with zero attached hydrogens (tertiary/aromatic N) is 5. The maximum Gasteiger partial charge on any atom is 0.416 e. The first kappa shape index (κ1) is 29.1. The van der Waals surface area contributed by atoms with Gasteiger partial charge in [-0.15, -0.1) is 0 Å². The quantitative estimate of drug-likeness (QED) is 0.470. The highest BCUT2D eigenvalue weighted by atomic mass is 19.4. The average molecular weight is 577 g/mol. The number of hydrogen-bond acceptors (Lipinski definition) is 6. The Kier molecular flexibility index (Phi) is 8.73. The number of piperazine rings is 1. The van der Waals surface area contributed by atoms with Crippen LogP contribution in [0.4, 0.5) is 18.9 Å². The zero-order chi connectivity index (χ0) is 29.7. The summed E-state index contributed by atoms with van der Waals surface area (Å²) in [4.78, 5) is 36.0. The number of anilines is 1. The van der Waals surface area contributed by atoms with Crippen LogP contribution in [-0.4, -0.2) is 71.9 Å². The minimum Gasteiger partial charge on any atom is -0.368 e. The number of benzene rings is 2. The number of piperidine rings is 1. The van der Waals surface area contributed by atoms with Gasteiger partial charge in [0, 0.05) is 63.7 Å². The normalized spacial score (nSPS) is 16.6. The van der Waals surface area contributed by atoms with Gasteiger partial charge in [-0.2, -0.15) is 18.4 Å². The summed E-state index contributed by atoms with van der Waals surface area (Å²) in [6, 6.07) is 18.0. The Morgan fingerprint density at radius 2 is 1.57 bits per heavy atom. The fraction of sp³-hybridized carbons (Fsp3) is 0.355. The fourth-order valence-corrected chi connectivity index (χ4v) is 5.29. The van der Waals surface area contributed by atoms with Crippen LogP contribution in [0.2, 0.25) is 0 Å². The average Bonchev–Trinajstić information content (AvgIpc) is 3.02. The molecule has 2 saturated heterocycles. The van der Waals surface area contributed by atoms with E-state index >= 15 is 0 Å². The van der Waals surface area contributed by atoms with E-state index in [1.54, 1.807) is 17.0 Å². The van der Waals surface area contributed by atoms with E-state index in [0.29, 0.717) is 43.0 Å². The lowest BCUT2D eigenvalue weighted by Crippen LogP contribution is -2.49. The second kappa shape index (κ2) is 12.6. The summed E-state index contributed by atoms with van der Waals surface area (Å²) in [6.45, 7) is 4.30. The lowest BCUT2D eigenvalue weighted by Gasteiger charge is -2.36. The number of carbonyl (C=O) groups is 2. The van der Waals surface area contributed by atoms with Crippen molar-refractivity contribution < 1.29 is 22.8 Å². The molecule has 0 radical (unpaired) electrons. The van der Waals surface area contributed by atoms with E-state index in [4.69, 9.17) is 5.26 Å². The highest BCUT2D eigenvalue weighted by Crippen LogP contribution is 2.30. The van der Waals surface area contributed by atoms with Crippen molar-refractivity contribution in [2.24, 2.45) is 0 Å². The topological polar surface area (TPSA) is 92.6 Å². The van der Waals surface area contributed by atoms with Gasteiger partial charge in [0.05, 0.1) is 22.8 Å². The van der Waals surface area contributed by atoms with E-state index in [2.05, 4.69) is 21.3 Å². The van der Waals surface area contributed by atoms with Crippen LogP contribution < -0.4 is 10.2 Å². The van der Waals surface area contributed by atoms with Crippen LogP contribution >= 0.6 is 0 Å². The molecular formula is C31H31F3N6O2. The summed E-state index contributed by atoms with van der Waals surface area (Å²) in [7, 11) is 0. The van der Waals surface area contributed by atoms with Crippen LogP contribution in [0.3, 0.4) is 0 Å². The van der Waals surface area contributed by atoms with Crippen LogP contribution in [0.1, 0.15) is 50.4 Å². The summed E-state index contributed by atoms with van der Waals surface area (Å²) in [6.07, 6.45) is -1.31. The number of aromatic nitrogens is 1. The molecule has 3 aromatic rings. The number of likely N-dealkylation sites (tertiary alicyclic amines) is 1. The van der Waals surface area contributed by atoms with Crippen molar-refractivity contribution in [3.8, 4) is 6.07 Å². The molecule has 1 N–H and O–H groups in total. The summed E-state index contributed by atoms with van der Waals surface area (Å²) in [5.41, 5.74) is 2.41. The summed E-state index contributed by atoms with van der Waals surface area (Å²) < 4.78 is 38.5. The zero-order valence-electron chi connectivity index (χ0n) is 23.0. The molecule has 0 bridgehead atoms. The zero-order valence-corrected chi connectivity index (χ0v) is 23.0.